The number of aromatic nitrogens is 1. The van der Waals surface area contributed by atoms with Crippen molar-refractivity contribution >= 4 is 43.4 Å². The Hall–Kier alpha value is -6.12. The average molecular weight is 600 g/mol. The third kappa shape index (κ3) is 3.61. The zero-order valence-electron chi connectivity index (χ0n) is 25.6. The van der Waals surface area contributed by atoms with Crippen molar-refractivity contribution in [1.29, 1.82) is 0 Å². The van der Waals surface area contributed by atoms with Crippen molar-refractivity contribution in [1.82, 2.24) is 4.57 Å². The van der Waals surface area contributed by atoms with Crippen molar-refractivity contribution in [2.45, 2.75) is 5.41 Å². The maximum absolute atomic E-state index is 6.87. The number of ether oxygens (including phenoxy) is 1. The van der Waals surface area contributed by atoms with Gasteiger partial charge in [-0.05, 0) is 69.1 Å². The smallest absolute Gasteiger partial charge is 0.132 e. The molecule has 9 aromatic rings. The first kappa shape index (κ1) is 26.1. The molecule has 0 saturated heterocycles. The van der Waals surface area contributed by atoms with Gasteiger partial charge in [-0.1, -0.05) is 140 Å². The fraction of sp³-hybridized carbons (Fsp3) is 0.0222. The van der Waals surface area contributed by atoms with Crippen molar-refractivity contribution in [2.24, 2.45) is 0 Å². The van der Waals surface area contributed by atoms with Gasteiger partial charge in [0, 0.05) is 27.6 Å². The summed E-state index contributed by atoms with van der Waals surface area (Å²) in [5.74, 6) is 1.78. The second-order valence-electron chi connectivity index (χ2n) is 12.5. The van der Waals surface area contributed by atoms with E-state index in [0.717, 1.165) is 17.2 Å². The molecule has 1 aliphatic heterocycles. The molecule has 1 aromatic heterocycles. The van der Waals surface area contributed by atoms with E-state index in [1.165, 1.54) is 65.6 Å². The summed E-state index contributed by atoms with van der Waals surface area (Å²) in [5.41, 5.74) is 7.67. The van der Waals surface area contributed by atoms with E-state index in [-0.39, 0.29) is 0 Å². The molecule has 0 aliphatic carbocycles. The lowest BCUT2D eigenvalue weighted by Gasteiger charge is -2.43. The fourth-order valence-corrected chi connectivity index (χ4v) is 8.18. The Morgan fingerprint density at radius 2 is 0.809 bits per heavy atom. The third-order valence-corrected chi connectivity index (χ3v) is 10.1. The van der Waals surface area contributed by atoms with Gasteiger partial charge in [0.05, 0.1) is 16.4 Å². The Morgan fingerprint density at radius 3 is 1.36 bits per heavy atom. The van der Waals surface area contributed by atoms with Crippen LogP contribution in [0.5, 0.6) is 11.5 Å². The number of hydrogen-bond acceptors (Lipinski definition) is 1. The van der Waals surface area contributed by atoms with E-state index in [2.05, 4.69) is 180 Å². The molecule has 47 heavy (non-hydrogen) atoms. The Labute approximate surface area is 272 Å². The third-order valence-electron chi connectivity index (χ3n) is 10.1. The summed E-state index contributed by atoms with van der Waals surface area (Å²) in [6.07, 6.45) is 0. The van der Waals surface area contributed by atoms with Crippen molar-refractivity contribution in [3.05, 3.63) is 198 Å². The minimum Gasteiger partial charge on any atom is -0.457 e. The molecule has 0 atom stereocenters. The first-order valence-corrected chi connectivity index (χ1v) is 16.2. The number of rotatable bonds is 3. The SMILES string of the molecule is c1ccc(C2(c3ccc(-n4c5ccccc5c5ccccc54)cc3)c3c(ccc4ccccc34)Oc3ccc4ccccc4c32)cc1. The summed E-state index contributed by atoms with van der Waals surface area (Å²) in [7, 11) is 0. The molecule has 0 spiro atoms. The summed E-state index contributed by atoms with van der Waals surface area (Å²) in [4.78, 5) is 0. The molecule has 0 N–H and O–H groups in total. The minimum atomic E-state index is -0.648. The van der Waals surface area contributed by atoms with Crippen LogP contribution in [0.1, 0.15) is 22.3 Å². The second kappa shape index (κ2) is 9.94. The molecule has 2 heteroatoms. The zero-order chi connectivity index (χ0) is 31.0. The van der Waals surface area contributed by atoms with Crippen molar-refractivity contribution in [3.63, 3.8) is 0 Å². The summed E-state index contributed by atoms with van der Waals surface area (Å²) in [5, 5.41) is 7.30. The van der Waals surface area contributed by atoms with E-state index in [1.807, 2.05) is 0 Å². The lowest BCUT2D eigenvalue weighted by atomic mass is 9.61. The van der Waals surface area contributed by atoms with E-state index in [4.69, 9.17) is 4.74 Å². The molecular weight excluding hydrogens is 571 g/mol. The Morgan fingerprint density at radius 1 is 0.362 bits per heavy atom. The van der Waals surface area contributed by atoms with Gasteiger partial charge in [-0.3, -0.25) is 0 Å². The Kier molecular flexibility index (Phi) is 5.53. The summed E-state index contributed by atoms with van der Waals surface area (Å²) >= 11 is 0. The summed E-state index contributed by atoms with van der Waals surface area (Å²) in [6.45, 7) is 0. The highest BCUT2D eigenvalue weighted by atomic mass is 16.5. The standard InChI is InChI=1S/C45H29NO/c1-2-14-32(15-3-1)45(33-24-26-34(27-25-33)46-39-20-10-8-18-37(39)38-19-9-11-21-40(38)46)43-35-16-6-4-12-30(35)22-28-41(43)47-42-29-23-31-13-5-7-17-36(31)44(42)45/h1-29H. The molecule has 0 radical (unpaired) electrons. The number of para-hydroxylation sites is 2. The van der Waals surface area contributed by atoms with Crippen molar-refractivity contribution in [3.8, 4) is 17.2 Å². The van der Waals surface area contributed by atoms with Gasteiger partial charge in [0.1, 0.15) is 11.5 Å². The van der Waals surface area contributed by atoms with Gasteiger partial charge in [-0.2, -0.15) is 0 Å². The quantitative estimate of drug-likeness (QED) is 0.197. The van der Waals surface area contributed by atoms with Crippen LogP contribution in [-0.2, 0) is 5.41 Å². The first-order chi connectivity index (χ1) is 23.3. The molecule has 220 valence electrons. The summed E-state index contributed by atoms with van der Waals surface area (Å²) < 4.78 is 9.26. The van der Waals surface area contributed by atoms with Crippen molar-refractivity contribution < 1.29 is 4.74 Å². The predicted octanol–water partition coefficient (Wildman–Crippen LogP) is 11.6. The van der Waals surface area contributed by atoms with E-state index in [0.29, 0.717) is 0 Å². The monoisotopic (exact) mass is 599 g/mol. The molecule has 10 rings (SSSR count). The van der Waals surface area contributed by atoms with E-state index in [9.17, 15) is 0 Å². The van der Waals surface area contributed by atoms with E-state index >= 15 is 0 Å². The van der Waals surface area contributed by atoms with Gasteiger partial charge in [-0.25, -0.2) is 0 Å². The van der Waals surface area contributed by atoms with Gasteiger partial charge in [0.2, 0.25) is 0 Å². The van der Waals surface area contributed by atoms with Gasteiger partial charge < -0.3 is 9.30 Å². The second-order valence-corrected chi connectivity index (χ2v) is 12.5. The number of benzene rings is 8. The van der Waals surface area contributed by atoms with Gasteiger partial charge >= 0.3 is 0 Å². The van der Waals surface area contributed by atoms with Crippen LogP contribution in [0.2, 0.25) is 0 Å². The van der Waals surface area contributed by atoms with Crippen molar-refractivity contribution in [2.75, 3.05) is 0 Å². The molecule has 0 bridgehead atoms. The topological polar surface area (TPSA) is 14.2 Å². The minimum absolute atomic E-state index is 0.648. The van der Waals surface area contributed by atoms with Crippen LogP contribution in [0.25, 0.3) is 49.0 Å². The number of fused-ring (bicyclic) bond motifs is 9. The van der Waals surface area contributed by atoms with Crippen LogP contribution < -0.4 is 4.74 Å². The summed E-state index contributed by atoms with van der Waals surface area (Å²) in [6, 6.07) is 63.7. The van der Waals surface area contributed by atoms with Gasteiger partial charge in [-0.15, -0.1) is 0 Å². The maximum Gasteiger partial charge on any atom is 0.132 e. The Bertz CT molecular complexity index is 2510. The molecule has 0 fully saturated rings. The zero-order valence-corrected chi connectivity index (χ0v) is 25.6. The highest BCUT2D eigenvalue weighted by molar-refractivity contribution is 6.09. The highest BCUT2D eigenvalue weighted by Gasteiger charge is 2.47. The molecule has 2 heterocycles. The van der Waals surface area contributed by atoms with Crippen LogP contribution in [0.4, 0.5) is 0 Å². The fourth-order valence-electron chi connectivity index (χ4n) is 8.18. The largest absolute Gasteiger partial charge is 0.457 e. The average Bonchev–Trinajstić information content (AvgIpc) is 3.48. The molecule has 1 aliphatic rings. The molecule has 8 aromatic carbocycles. The maximum atomic E-state index is 6.87. The Balaban J connectivity index is 1.34. The lowest BCUT2D eigenvalue weighted by Crippen LogP contribution is -2.34. The number of hydrogen-bond donors (Lipinski definition) is 0. The van der Waals surface area contributed by atoms with Gasteiger partial charge in [0.15, 0.2) is 0 Å². The van der Waals surface area contributed by atoms with E-state index < -0.39 is 5.41 Å². The van der Waals surface area contributed by atoms with Crippen LogP contribution in [-0.4, -0.2) is 4.57 Å². The molecular formula is C45H29NO. The molecule has 0 saturated carbocycles. The van der Waals surface area contributed by atoms with Crippen LogP contribution >= 0.6 is 0 Å². The molecule has 2 nitrogen and oxygen atoms in total. The predicted molar refractivity (Wildman–Crippen MR) is 194 cm³/mol. The highest BCUT2D eigenvalue weighted by Crippen LogP contribution is 2.59. The van der Waals surface area contributed by atoms with E-state index in [1.54, 1.807) is 0 Å². The molecule has 0 unspecified atom stereocenters. The van der Waals surface area contributed by atoms with Crippen LogP contribution in [0.15, 0.2) is 176 Å². The van der Waals surface area contributed by atoms with Gasteiger partial charge in [0.25, 0.3) is 0 Å². The van der Waals surface area contributed by atoms with Crippen LogP contribution in [0.3, 0.4) is 0 Å². The van der Waals surface area contributed by atoms with Crippen LogP contribution in [0, 0.1) is 0 Å². The lowest BCUT2D eigenvalue weighted by molar-refractivity contribution is 0.439. The normalized spacial score (nSPS) is 13.4. The molecule has 0 amide bonds. The first-order valence-electron chi connectivity index (χ1n) is 16.2. The number of nitrogens with zero attached hydrogens (tertiary/aromatic N) is 1.